The van der Waals surface area contributed by atoms with Crippen LogP contribution in [0.5, 0.6) is 0 Å². The smallest absolute Gasteiger partial charge is 0.106 e. The molecule has 4 heteroatoms. The Kier molecular flexibility index (Phi) is 7.09. The fourth-order valence-corrected chi connectivity index (χ4v) is 1.28. The Labute approximate surface area is 85.5 Å². The van der Waals surface area contributed by atoms with E-state index in [4.69, 9.17) is 4.74 Å². The molecule has 0 amide bonds. The van der Waals surface area contributed by atoms with Crippen molar-refractivity contribution < 1.29 is 20.1 Å². The number of ether oxygens (including phenoxy) is 1. The second kappa shape index (κ2) is 7.17. The maximum Gasteiger partial charge on any atom is 0.106 e. The third-order valence-electron chi connectivity index (χ3n) is 2.52. The average molecular weight is 206 g/mol. The molecule has 4 nitrogen and oxygen atoms in total. The van der Waals surface area contributed by atoms with E-state index < -0.39 is 18.3 Å². The molecule has 0 aromatic carbocycles. The summed E-state index contributed by atoms with van der Waals surface area (Å²) in [5, 5.41) is 28.5. The minimum Gasteiger partial charge on any atom is -0.390 e. The van der Waals surface area contributed by atoms with Gasteiger partial charge in [0.1, 0.15) is 6.10 Å². The predicted octanol–water partition coefficient (Wildman–Crippen LogP) is 0.152. The van der Waals surface area contributed by atoms with Crippen molar-refractivity contribution in [3.05, 3.63) is 0 Å². The van der Waals surface area contributed by atoms with Crippen molar-refractivity contribution in [2.45, 2.75) is 45.0 Å². The van der Waals surface area contributed by atoms with Crippen LogP contribution in [0.4, 0.5) is 0 Å². The second-order valence-corrected chi connectivity index (χ2v) is 3.72. The summed E-state index contributed by atoms with van der Waals surface area (Å²) in [4.78, 5) is 0. The second-order valence-electron chi connectivity index (χ2n) is 3.72. The maximum absolute atomic E-state index is 9.65. The summed E-state index contributed by atoms with van der Waals surface area (Å²) in [6, 6.07) is 0. The van der Waals surface area contributed by atoms with Gasteiger partial charge in [0, 0.05) is 13.7 Å². The van der Waals surface area contributed by atoms with Crippen LogP contribution in [0.2, 0.25) is 0 Å². The first-order valence-electron chi connectivity index (χ1n) is 5.07. The van der Waals surface area contributed by atoms with Gasteiger partial charge in [0.25, 0.3) is 0 Å². The van der Waals surface area contributed by atoms with Crippen LogP contribution in [0.1, 0.15) is 26.7 Å². The van der Waals surface area contributed by atoms with Crippen LogP contribution in [0.15, 0.2) is 0 Å². The van der Waals surface area contributed by atoms with Crippen LogP contribution in [-0.4, -0.2) is 47.3 Å². The molecule has 0 bridgehead atoms. The largest absolute Gasteiger partial charge is 0.390 e. The number of rotatable bonds is 7. The molecule has 0 aliphatic rings. The monoisotopic (exact) mass is 206 g/mol. The highest BCUT2D eigenvalue weighted by molar-refractivity contribution is 4.78. The normalized spacial score (nSPS) is 20.1. The van der Waals surface area contributed by atoms with Gasteiger partial charge in [-0.2, -0.15) is 0 Å². The van der Waals surface area contributed by atoms with Crippen LogP contribution in [0.25, 0.3) is 0 Å². The zero-order valence-corrected chi connectivity index (χ0v) is 9.18. The molecule has 0 saturated carbocycles. The van der Waals surface area contributed by atoms with Gasteiger partial charge in [0.15, 0.2) is 0 Å². The first-order chi connectivity index (χ1) is 6.54. The van der Waals surface area contributed by atoms with Crippen molar-refractivity contribution in [3.63, 3.8) is 0 Å². The Hall–Kier alpha value is -0.160. The quantitative estimate of drug-likeness (QED) is 0.554. The van der Waals surface area contributed by atoms with E-state index in [1.807, 2.05) is 6.92 Å². The Bertz CT molecular complexity index is 140. The summed E-state index contributed by atoms with van der Waals surface area (Å²) in [5.74, 6) is -0.0776. The molecule has 0 aromatic rings. The summed E-state index contributed by atoms with van der Waals surface area (Å²) < 4.78 is 4.87. The summed E-state index contributed by atoms with van der Waals surface area (Å²) >= 11 is 0. The average Bonchev–Trinajstić information content (AvgIpc) is 2.22. The molecule has 0 radical (unpaired) electrons. The van der Waals surface area contributed by atoms with E-state index in [1.165, 1.54) is 0 Å². The molecule has 0 rings (SSSR count). The van der Waals surface area contributed by atoms with E-state index in [0.29, 0.717) is 19.4 Å². The fraction of sp³-hybridized carbons (Fsp3) is 1.00. The first-order valence-corrected chi connectivity index (χ1v) is 5.07. The van der Waals surface area contributed by atoms with Crippen LogP contribution in [-0.2, 0) is 4.74 Å². The van der Waals surface area contributed by atoms with Crippen LogP contribution in [0, 0.1) is 5.92 Å². The van der Waals surface area contributed by atoms with Gasteiger partial charge in [-0.15, -0.1) is 0 Å². The number of hydrogen-bond donors (Lipinski definition) is 3. The molecule has 4 atom stereocenters. The van der Waals surface area contributed by atoms with Gasteiger partial charge in [-0.05, 0) is 18.8 Å². The summed E-state index contributed by atoms with van der Waals surface area (Å²) in [6.45, 7) is 4.14. The molecular weight excluding hydrogens is 184 g/mol. The number of methoxy groups -OCH3 is 1. The molecule has 0 heterocycles. The lowest BCUT2D eigenvalue weighted by atomic mass is 9.93. The molecule has 0 aliphatic heterocycles. The summed E-state index contributed by atoms with van der Waals surface area (Å²) in [7, 11) is 1.59. The van der Waals surface area contributed by atoms with E-state index in [9.17, 15) is 15.3 Å². The van der Waals surface area contributed by atoms with Gasteiger partial charge in [-0.25, -0.2) is 0 Å². The number of aliphatic hydroxyl groups excluding tert-OH is 3. The van der Waals surface area contributed by atoms with E-state index in [1.54, 1.807) is 14.0 Å². The molecule has 4 unspecified atom stereocenters. The zero-order chi connectivity index (χ0) is 11.1. The Morgan fingerprint density at radius 2 is 1.71 bits per heavy atom. The summed E-state index contributed by atoms with van der Waals surface area (Å²) in [6.07, 6.45) is -1.69. The lowest BCUT2D eigenvalue weighted by Gasteiger charge is -2.26. The molecule has 0 saturated heterocycles. The molecular formula is C10H22O4. The van der Waals surface area contributed by atoms with Gasteiger partial charge in [-0.1, -0.05) is 13.8 Å². The third-order valence-corrected chi connectivity index (χ3v) is 2.52. The number of hydrogen-bond acceptors (Lipinski definition) is 4. The highest BCUT2D eigenvalue weighted by atomic mass is 16.5. The molecule has 86 valence electrons. The first kappa shape index (κ1) is 13.8. The highest BCUT2D eigenvalue weighted by Crippen LogP contribution is 2.15. The van der Waals surface area contributed by atoms with Crippen molar-refractivity contribution in [2.24, 2.45) is 5.92 Å². The third kappa shape index (κ3) is 4.37. The SMILES string of the molecule is CCC(O)C(O)C(O)C(C)CCOC. The van der Waals surface area contributed by atoms with Gasteiger partial charge < -0.3 is 20.1 Å². The van der Waals surface area contributed by atoms with Crippen LogP contribution >= 0.6 is 0 Å². The molecule has 14 heavy (non-hydrogen) atoms. The van der Waals surface area contributed by atoms with Crippen LogP contribution in [0.3, 0.4) is 0 Å². The van der Waals surface area contributed by atoms with Gasteiger partial charge in [0.05, 0.1) is 12.2 Å². The van der Waals surface area contributed by atoms with E-state index in [-0.39, 0.29) is 5.92 Å². The lowest BCUT2D eigenvalue weighted by molar-refractivity contribution is -0.0819. The Morgan fingerprint density at radius 3 is 2.14 bits per heavy atom. The predicted molar refractivity (Wildman–Crippen MR) is 54.0 cm³/mol. The van der Waals surface area contributed by atoms with E-state index in [0.717, 1.165) is 0 Å². The van der Waals surface area contributed by atoms with Gasteiger partial charge >= 0.3 is 0 Å². The zero-order valence-electron chi connectivity index (χ0n) is 9.18. The summed E-state index contributed by atoms with van der Waals surface area (Å²) in [5.41, 5.74) is 0. The van der Waals surface area contributed by atoms with Crippen molar-refractivity contribution in [2.75, 3.05) is 13.7 Å². The standard InChI is InChI=1S/C10H22O4/c1-4-8(11)10(13)9(12)7(2)5-6-14-3/h7-13H,4-6H2,1-3H3. The van der Waals surface area contributed by atoms with E-state index in [2.05, 4.69) is 0 Å². The van der Waals surface area contributed by atoms with Crippen molar-refractivity contribution in [3.8, 4) is 0 Å². The molecule has 0 spiro atoms. The van der Waals surface area contributed by atoms with Crippen molar-refractivity contribution in [1.29, 1.82) is 0 Å². The molecule has 0 fully saturated rings. The minimum absolute atomic E-state index is 0.0776. The Balaban J connectivity index is 3.95. The van der Waals surface area contributed by atoms with E-state index >= 15 is 0 Å². The van der Waals surface area contributed by atoms with Crippen LogP contribution < -0.4 is 0 Å². The minimum atomic E-state index is -1.06. The molecule has 0 aromatic heterocycles. The highest BCUT2D eigenvalue weighted by Gasteiger charge is 2.27. The topological polar surface area (TPSA) is 69.9 Å². The Morgan fingerprint density at radius 1 is 1.14 bits per heavy atom. The molecule has 0 aliphatic carbocycles. The van der Waals surface area contributed by atoms with Crippen molar-refractivity contribution >= 4 is 0 Å². The van der Waals surface area contributed by atoms with Gasteiger partial charge in [-0.3, -0.25) is 0 Å². The van der Waals surface area contributed by atoms with Crippen molar-refractivity contribution in [1.82, 2.24) is 0 Å². The maximum atomic E-state index is 9.65. The fourth-order valence-electron chi connectivity index (χ4n) is 1.28. The molecule has 3 N–H and O–H groups in total. The number of aliphatic hydroxyl groups is 3. The lowest BCUT2D eigenvalue weighted by Crippen LogP contribution is -2.41. The van der Waals surface area contributed by atoms with Gasteiger partial charge in [0.2, 0.25) is 0 Å².